The highest BCUT2D eigenvalue weighted by Gasteiger charge is 2.50. The van der Waals surface area contributed by atoms with Gasteiger partial charge in [0.25, 0.3) is 6.71 Å². The lowest BCUT2D eigenvalue weighted by molar-refractivity contribution is 0.332. The lowest BCUT2D eigenvalue weighted by atomic mass is 9.35. The molecule has 3 aliphatic rings. The third kappa shape index (κ3) is 9.72. The predicted octanol–water partition coefficient (Wildman–Crippen LogP) is 20.5. The lowest BCUT2D eigenvalue weighted by Gasteiger charge is -2.47. The fourth-order valence-electron chi connectivity index (χ4n) is 13.5. The van der Waals surface area contributed by atoms with Gasteiger partial charge in [-0.15, -0.1) is 0 Å². The molecule has 0 unspecified atom stereocenters. The van der Waals surface area contributed by atoms with E-state index in [2.05, 4.69) is 310 Å². The normalized spacial score (nSPS) is 15.7. The van der Waals surface area contributed by atoms with Gasteiger partial charge in [0, 0.05) is 45.1 Å². The minimum absolute atomic E-state index is 0.0143. The Kier molecular flexibility index (Phi) is 13.0. The molecule has 0 bridgehead atoms. The van der Waals surface area contributed by atoms with Crippen molar-refractivity contribution < 1.29 is 4.42 Å². The third-order valence-electron chi connectivity index (χ3n) is 18.9. The highest BCUT2D eigenvalue weighted by atomic mass is 16.3. The molecule has 9 aromatic rings. The molecular formula is C78H88BN3O. The van der Waals surface area contributed by atoms with Gasteiger partial charge in [-0.3, -0.25) is 0 Å². The summed E-state index contributed by atoms with van der Waals surface area (Å²) >= 11 is 0. The number of rotatable bonds is 6. The topological polar surface area (TPSA) is 22.9 Å². The van der Waals surface area contributed by atoms with Crippen LogP contribution in [0.3, 0.4) is 0 Å². The molecule has 1 aromatic heterocycles. The largest absolute Gasteiger partial charge is 0.468 e. The fourth-order valence-corrected chi connectivity index (χ4v) is 13.5. The number of hydrogen-bond acceptors (Lipinski definition) is 4. The number of furan rings is 1. The van der Waals surface area contributed by atoms with Crippen LogP contribution in [0.2, 0.25) is 0 Å². The molecule has 0 fully saturated rings. The number of hydrogen-bond donors (Lipinski definition) is 0. The SMILES string of the molecule is CC(C)(C)c1ccc(N(c2ccc(C(C)(C)C)cc2)c2cc3c4c(c2)N(c2ccc(C(C)(C)C)cc2-c2ccccc2)c2c(oc5ccc(C(C)(C)C)cc25)B4c2cc4c(cc2N3c2ccc(C(C)(C)C)cc2)C(C)(C)CCC4(C)C)cc1. The molecule has 424 valence electrons. The summed E-state index contributed by atoms with van der Waals surface area (Å²) in [6, 6.07) is 63.8. The molecule has 4 nitrogen and oxygen atoms in total. The second kappa shape index (κ2) is 19.1. The van der Waals surface area contributed by atoms with Gasteiger partial charge in [0.05, 0.1) is 22.7 Å². The molecule has 8 aromatic carbocycles. The summed E-state index contributed by atoms with van der Waals surface area (Å²) in [6.07, 6.45) is 2.24. The molecule has 12 rings (SSSR count). The summed E-state index contributed by atoms with van der Waals surface area (Å²) in [5.74, 6) is 0. The smallest absolute Gasteiger partial charge is 0.297 e. The summed E-state index contributed by atoms with van der Waals surface area (Å²) in [5, 5.41) is 1.12. The van der Waals surface area contributed by atoms with Gasteiger partial charge in [-0.1, -0.05) is 216 Å². The van der Waals surface area contributed by atoms with Crippen molar-refractivity contribution in [1.82, 2.24) is 0 Å². The van der Waals surface area contributed by atoms with Gasteiger partial charge in [-0.05, 0) is 185 Å². The molecule has 0 atom stereocenters. The van der Waals surface area contributed by atoms with Gasteiger partial charge in [-0.25, -0.2) is 0 Å². The number of fused-ring (bicyclic) bond motifs is 7. The van der Waals surface area contributed by atoms with Crippen LogP contribution in [0.1, 0.15) is 183 Å². The van der Waals surface area contributed by atoms with E-state index >= 15 is 0 Å². The fraction of sp³-hybridized carbons (Fsp3) is 0.359. The highest BCUT2D eigenvalue weighted by Crippen LogP contribution is 2.55. The molecule has 0 saturated carbocycles. The number of anilines is 9. The summed E-state index contributed by atoms with van der Waals surface area (Å²) in [5.41, 5.74) is 25.9. The molecular weight excluding hydrogens is 1010 g/mol. The first-order valence-electron chi connectivity index (χ1n) is 30.7. The zero-order valence-electron chi connectivity index (χ0n) is 53.3. The predicted molar refractivity (Wildman–Crippen MR) is 359 cm³/mol. The van der Waals surface area contributed by atoms with Crippen LogP contribution in [-0.4, -0.2) is 6.71 Å². The molecule has 0 spiro atoms. The van der Waals surface area contributed by atoms with Crippen molar-refractivity contribution in [2.75, 3.05) is 14.7 Å². The van der Waals surface area contributed by atoms with Gasteiger partial charge in [0.15, 0.2) is 0 Å². The van der Waals surface area contributed by atoms with E-state index in [9.17, 15) is 0 Å². The lowest BCUT2D eigenvalue weighted by Crippen LogP contribution is -2.61. The maximum atomic E-state index is 7.69. The summed E-state index contributed by atoms with van der Waals surface area (Å²) in [6.45, 7) is 44.4. The first kappa shape index (κ1) is 56.3. The van der Waals surface area contributed by atoms with Crippen molar-refractivity contribution in [3.05, 3.63) is 203 Å². The van der Waals surface area contributed by atoms with Crippen molar-refractivity contribution in [1.29, 1.82) is 0 Å². The van der Waals surface area contributed by atoms with E-state index in [-0.39, 0.29) is 44.6 Å². The molecule has 83 heavy (non-hydrogen) atoms. The molecule has 2 aliphatic heterocycles. The summed E-state index contributed by atoms with van der Waals surface area (Å²) < 4.78 is 7.69. The van der Waals surface area contributed by atoms with Crippen molar-refractivity contribution >= 4 is 85.5 Å². The first-order chi connectivity index (χ1) is 38.8. The van der Waals surface area contributed by atoms with Crippen LogP contribution in [0.5, 0.6) is 0 Å². The van der Waals surface area contributed by atoms with Crippen LogP contribution in [0, 0.1) is 0 Å². The molecule has 0 amide bonds. The van der Waals surface area contributed by atoms with Crippen LogP contribution >= 0.6 is 0 Å². The zero-order chi connectivity index (χ0) is 59.3. The van der Waals surface area contributed by atoms with Crippen molar-refractivity contribution in [2.45, 2.75) is 182 Å². The van der Waals surface area contributed by atoms with Gasteiger partial charge in [0.1, 0.15) is 5.58 Å². The monoisotopic (exact) mass is 1090 g/mol. The second-order valence-electron chi connectivity index (χ2n) is 31.1. The van der Waals surface area contributed by atoms with E-state index in [0.29, 0.717) is 0 Å². The van der Waals surface area contributed by atoms with Crippen LogP contribution < -0.4 is 31.3 Å². The second-order valence-corrected chi connectivity index (χ2v) is 31.1. The van der Waals surface area contributed by atoms with Crippen molar-refractivity contribution in [3.63, 3.8) is 0 Å². The number of nitrogens with zero attached hydrogens (tertiary/aromatic N) is 3. The minimum atomic E-state index is -0.239. The average molecular weight is 1090 g/mol. The van der Waals surface area contributed by atoms with E-state index in [4.69, 9.17) is 4.42 Å². The Morgan fingerprint density at radius 1 is 0.422 bits per heavy atom. The van der Waals surface area contributed by atoms with Gasteiger partial charge >= 0.3 is 0 Å². The maximum absolute atomic E-state index is 7.69. The number of benzene rings is 8. The summed E-state index contributed by atoms with van der Waals surface area (Å²) in [4.78, 5) is 7.77. The average Bonchev–Trinajstić information content (AvgIpc) is 1.94. The molecule has 0 radical (unpaired) electrons. The molecule has 0 saturated heterocycles. The Labute approximate surface area is 498 Å². The third-order valence-corrected chi connectivity index (χ3v) is 18.9. The molecule has 5 heteroatoms. The molecule has 3 heterocycles. The maximum Gasteiger partial charge on any atom is 0.297 e. The van der Waals surface area contributed by atoms with E-state index in [1.54, 1.807) is 0 Å². The van der Waals surface area contributed by atoms with E-state index in [1.807, 2.05) is 0 Å². The zero-order valence-corrected chi connectivity index (χ0v) is 53.3. The standard InChI is InChI=1S/C78H88BN3O/c1-72(2,3)50-25-33-55(34-26-50)80(56-35-27-51(28-36-56)73(4,5)6)58-45-66-69-67(46-58)82(64-39-31-53(75(10,11)12)43-59(64)49-23-21-20-22-24-49)70-60-44-54(76(13,14)15)32-40-68(60)83-71(70)79(69)63-47-61-62(78(18,19)42-41-77(61,16)17)48-65(63)81(66)57-37-29-52(30-38-57)74(7,8)9/h20-40,43-48H,41-42H2,1-19H3. The Hall–Kier alpha value is -7.24. The van der Waals surface area contributed by atoms with E-state index < -0.39 is 0 Å². The summed E-state index contributed by atoms with van der Waals surface area (Å²) in [7, 11) is 0. The quantitative estimate of drug-likeness (QED) is 0.155. The van der Waals surface area contributed by atoms with Gasteiger partial charge < -0.3 is 19.1 Å². The van der Waals surface area contributed by atoms with Crippen molar-refractivity contribution in [3.8, 4) is 11.1 Å². The van der Waals surface area contributed by atoms with Gasteiger partial charge in [0.2, 0.25) is 0 Å². The van der Waals surface area contributed by atoms with Crippen LogP contribution in [0.15, 0.2) is 168 Å². The Balaban J connectivity index is 1.28. The Morgan fingerprint density at radius 2 is 0.880 bits per heavy atom. The van der Waals surface area contributed by atoms with Crippen LogP contribution in [0.25, 0.3) is 22.1 Å². The van der Waals surface area contributed by atoms with E-state index in [0.717, 1.165) is 75.0 Å². The minimum Gasteiger partial charge on any atom is -0.468 e. The van der Waals surface area contributed by atoms with Gasteiger partial charge in [-0.2, -0.15) is 0 Å². The van der Waals surface area contributed by atoms with Crippen molar-refractivity contribution in [2.24, 2.45) is 0 Å². The van der Waals surface area contributed by atoms with E-state index in [1.165, 1.54) is 66.7 Å². The molecule has 1 aliphatic carbocycles. The molecule has 0 N–H and O–H groups in total. The highest BCUT2D eigenvalue weighted by molar-refractivity contribution is 7.00. The Morgan fingerprint density at radius 3 is 1.40 bits per heavy atom. The van der Waals surface area contributed by atoms with Crippen LogP contribution in [0.4, 0.5) is 51.2 Å². The first-order valence-corrected chi connectivity index (χ1v) is 30.7. The Bertz CT molecular complexity index is 3920. The van der Waals surface area contributed by atoms with Crippen LogP contribution in [-0.2, 0) is 37.9 Å².